The molecule has 194 valence electrons. The molecule has 0 spiro atoms. The van der Waals surface area contributed by atoms with E-state index in [-0.39, 0.29) is 17.3 Å². The van der Waals surface area contributed by atoms with E-state index in [0.29, 0.717) is 34.0 Å². The van der Waals surface area contributed by atoms with Gasteiger partial charge in [-0.3, -0.25) is 4.79 Å². The summed E-state index contributed by atoms with van der Waals surface area (Å²) in [5, 5.41) is 11.8. The van der Waals surface area contributed by atoms with Crippen LogP contribution in [0.1, 0.15) is 46.0 Å². The van der Waals surface area contributed by atoms with Crippen molar-refractivity contribution in [1.82, 2.24) is 30.2 Å². The highest BCUT2D eigenvalue weighted by Gasteiger charge is 2.21. The third-order valence-electron chi connectivity index (χ3n) is 6.12. The maximum Gasteiger partial charge on any atom is 0.273 e. The summed E-state index contributed by atoms with van der Waals surface area (Å²) >= 11 is 6.46. The molecule has 9 nitrogen and oxygen atoms in total. The molecule has 0 saturated heterocycles. The lowest BCUT2D eigenvalue weighted by molar-refractivity contribution is 0.0930. The number of para-hydroxylation sites is 1. The van der Waals surface area contributed by atoms with Crippen LogP contribution in [0.15, 0.2) is 53.3 Å². The Bertz CT molecular complexity index is 1660. The van der Waals surface area contributed by atoms with Crippen molar-refractivity contribution in [1.29, 1.82) is 0 Å². The second-order valence-electron chi connectivity index (χ2n) is 8.93. The minimum atomic E-state index is -0.596. The van der Waals surface area contributed by atoms with Gasteiger partial charge in [0, 0.05) is 35.3 Å². The van der Waals surface area contributed by atoms with Gasteiger partial charge in [0.25, 0.3) is 5.91 Å². The maximum atomic E-state index is 14.4. The molecule has 1 amide bonds. The number of ether oxygens (including phenoxy) is 1. The second kappa shape index (κ2) is 10.2. The van der Waals surface area contributed by atoms with Crippen molar-refractivity contribution in [2.24, 2.45) is 7.05 Å². The van der Waals surface area contributed by atoms with Gasteiger partial charge < -0.3 is 14.6 Å². The first-order valence-electron chi connectivity index (χ1n) is 11.8. The monoisotopic (exact) mass is 534 g/mol. The molecule has 0 saturated carbocycles. The summed E-state index contributed by atoms with van der Waals surface area (Å²) in [7, 11) is 1.83. The van der Waals surface area contributed by atoms with Crippen LogP contribution in [0.3, 0.4) is 0 Å². The van der Waals surface area contributed by atoms with Crippen LogP contribution in [-0.2, 0) is 13.7 Å². The quantitative estimate of drug-likeness (QED) is 0.294. The zero-order chi connectivity index (χ0) is 27.0. The number of hydrogen-bond acceptors (Lipinski definition) is 7. The van der Waals surface area contributed by atoms with Gasteiger partial charge >= 0.3 is 0 Å². The number of benzene rings is 2. The molecule has 0 radical (unpaired) electrons. The number of nitrogens with zero attached hydrogens (tertiary/aromatic N) is 5. The molecule has 1 N–H and O–H groups in total. The van der Waals surface area contributed by atoms with Crippen LogP contribution >= 0.6 is 11.6 Å². The third-order valence-corrected chi connectivity index (χ3v) is 6.46. The molecule has 0 unspecified atom stereocenters. The molecule has 38 heavy (non-hydrogen) atoms. The van der Waals surface area contributed by atoms with Crippen LogP contribution in [0, 0.1) is 19.7 Å². The number of carbonyl (C=O) groups excluding carboxylic acids is 1. The molecule has 3 aromatic heterocycles. The van der Waals surface area contributed by atoms with Crippen molar-refractivity contribution in [2.45, 2.75) is 33.4 Å². The summed E-state index contributed by atoms with van der Waals surface area (Å²) in [6.07, 6.45) is 1.50. The lowest BCUT2D eigenvalue weighted by Gasteiger charge is -2.20. The minimum absolute atomic E-state index is 0.0196. The number of carbonyl (C=O) groups is 1. The van der Waals surface area contributed by atoms with Crippen molar-refractivity contribution < 1.29 is 18.4 Å². The predicted octanol–water partition coefficient (Wildman–Crippen LogP) is 5.50. The first kappa shape index (κ1) is 25.3. The number of aryl methyl sites for hydroxylation is 3. The van der Waals surface area contributed by atoms with E-state index in [2.05, 4.69) is 20.6 Å². The largest absolute Gasteiger partial charge is 0.487 e. The zero-order valence-electron chi connectivity index (χ0n) is 21.1. The molecular formula is C27H24ClFN6O3. The minimum Gasteiger partial charge on any atom is -0.487 e. The number of hydrogen-bond donors (Lipinski definition) is 1. The average molecular weight is 535 g/mol. The van der Waals surface area contributed by atoms with Crippen LogP contribution < -0.4 is 10.1 Å². The molecule has 0 aliphatic carbocycles. The number of amides is 1. The van der Waals surface area contributed by atoms with Crippen LogP contribution in [-0.4, -0.2) is 30.8 Å². The molecule has 1 atom stereocenters. The molecule has 0 aliphatic heterocycles. The summed E-state index contributed by atoms with van der Waals surface area (Å²) in [5.41, 5.74) is 3.45. The van der Waals surface area contributed by atoms with Gasteiger partial charge in [0.05, 0.1) is 11.1 Å². The molecule has 0 bridgehead atoms. The maximum absolute atomic E-state index is 14.4. The standard InChI is InChI=1S/C27H24ClFN6O3/c1-14-8-20(26-30-13-31-35(26)4)18-6-5-7-24(25(18)32-14)37-12-21-19(10-17(29)11-22(21)28)16(3)33-27(36)23-9-15(2)38-34-23/h5-11,13,16H,12H2,1-4H3,(H,33,36)/t16-/m0/s1. The Kier molecular flexibility index (Phi) is 6.81. The molecule has 3 heterocycles. The van der Waals surface area contributed by atoms with Gasteiger partial charge in [0.15, 0.2) is 11.5 Å². The highest BCUT2D eigenvalue weighted by molar-refractivity contribution is 6.31. The predicted molar refractivity (Wildman–Crippen MR) is 139 cm³/mol. The van der Waals surface area contributed by atoms with Gasteiger partial charge in [-0.25, -0.2) is 19.0 Å². The van der Waals surface area contributed by atoms with Gasteiger partial charge in [-0.15, -0.1) is 0 Å². The van der Waals surface area contributed by atoms with Gasteiger partial charge in [0.1, 0.15) is 35.8 Å². The normalized spacial score (nSPS) is 12.1. The molecule has 11 heteroatoms. The number of pyridine rings is 1. The van der Waals surface area contributed by atoms with E-state index in [9.17, 15) is 9.18 Å². The van der Waals surface area contributed by atoms with Crippen molar-refractivity contribution in [2.75, 3.05) is 0 Å². The highest BCUT2D eigenvalue weighted by atomic mass is 35.5. The fraction of sp³-hybridized carbons (Fsp3) is 0.222. The van der Waals surface area contributed by atoms with E-state index in [4.69, 9.17) is 25.8 Å². The second-order valence-corrected chi connectivity index (χ2v) is 9.34. The van der Waals surface area contributed by atoms with Gasteiger partial charge in [-0.1, -0.05) is 28.9 Å². The van der Waals surface area contributed by atoms with E-state index in [1.807, 2.05) is 38.2 Å². The Morgan fingerprint density at radius 1 is 1.24 bits per heavy atom. The van der Waals surface area contributed by atoms with E-state index < -0.39 is 17.8 Å². The summed E-state index contributed by atoms with van der Waals surface area (Å²) in [6, 6.07) is 11.0. The highest BCUT2D eigenvalue weighted by Crippen LogP contribution is 2.34. The SMILES string of the molecule is Cc1cc(-c2ncnn2C)c2cccc(OCc3c(Cl)cc(F)cc3[C@H](C)NC(=O)c3cc(C)on3)c2n1. The van der Waals surface area contributed by atoms with Gasteiger partial charge in [0.2, 0.25) is 0 Å². The van der Waals surface area contributed by atoms with Crippen molar-refractivity contribution >= 4 is 28.4 Å². The number of halogens is 2. The molecular weight excluding hydrogens is 511 g/mol. The summed E-state index contributed by atoms with van der Waals surface area (Å²) in [6.45, 7) is 5.34. The van der Waals surface area contributed by atoms with Crippen molar-refractivity contribution in [3.05, 3.63) is 87.9 Å². The Morgan fingerprint density at radius 2 is 2.05 bits per heavy atom. The fourth-order valence-corrected chi connectivity index (χ4v) is 4.59. The number of aromatic nitrogens is 5. The fourth-order valence-electron chi connectivity index (χ4n) is 4.33. The first-order chi connectivity index (χ1) is 18.2. The Hall–Kier alpha value is -4.31. The van der Waals surface area contributed by atoms with Crippen LogP contribution in [0.4, 0.5) is 4.39 Å². The first-order valence-corrected chi connectivity index (χ1v) is 12.2. The molecule has 5 aromatic rings. The van der Waals surface area contributed by atoms with E-state index in [1.54, 1.807) is 18.5 Å². The topological polar surface area (TPSA) is 108 Å². The number of nitrogens with one attached hydrogen (secondary N) is 1. The Labute approximate surface area is 222 Å². The number of rotatable bonds is 7. The average Bonchev–Trinajstić information content (AvgIpc) is 3.50. The van der Waals surface area contributed by atoms with E-state index in [1.165, 1.54) is 24.5 Å². The van der Waals surface area contributed by atoms with Gasteiger partial charge in [-0.2, -0.15) is 5.10 Å². The molecule has 2 aromatic carbocycles. The summed E-state index contributed by atoms with van der Waals surface area (Å²) in [4.78, 5) is 21.7. The van der Waals surface area contributed by atoms with Crippen molar-refractivity contribution in [3.8, 4) is 17.1 Å². The Morgan fingerprint density at radius 3 is 2.76 bits per heavy atom. The number of fused-ring (bicyclic) bond motifs is 1. The third kappa shape index (κ3) is 4.95. The molecule has 0 fully saturated rings. The van der Waals surface area contributed by atoms with E-state index >= 15 is 0 Å². The van der Waals surface area contributed by atoms with E-state index in [0.717, 1.165) is 16.6 Å². The molecule has 5 rings (SSSR count). The summed E-state index contributed by atoms with van der Waals surface area (Å²) < 4.78 is 27.3. The van der Waals surface area contributed by atoms with Crippen LogP contribution in [0.5, 0.6) is 5.75 Å². The lowest BCUT2D eigenvalue weighted by atomic mass is 10.0. The lowest BCUT2D eigenvalue weighted by Crippen LogP contribution is -2.28. The van der Waals surface area contributed by atoms with Crippen LogP contribution in [0.2, 0.25) is 5.02 Å². The molecule has 0 aliphatic rings. The van der Waals surface area contributed by atoms with Crippen molar-refractivity contribution in [3.63, 3.8) is 0 Å². The summed E-state index contributed by atoms with van der Waals surface area (Å²) in [5.74, 6) is 0.755. The zero-order valence-corrected chi connectivity index (χ0v) is 21.9. The Balaban J connectivity index is 1.47. The van der Waals surface area contributed by atoms with Crippen LogP contribution in [0.25, 0.3) is 22.3 Å². The van der Waals surface area contributed by atoms with Gasteiger partial charge in [-0.05, 0) is 50.6 Å². The smallest absolute Gasteiger partial charge is 0.273 e.